The Morgan fingerprint density at radius 2 is 1.94 bits per heavy atom. The summed E-state index contributed by atoms with van der Waals surface area (Å²) in [6, 6.07) is 10.1. The number of pyridine rings is 1. The van der Waals surface area contributed by atoms with Crippen molar-refractivity contribution in [2.24, 2.45) is 5.73 Å². The molecule has 1 heterocycles. The van der Waals surface area contributed by atoms with Gasteiger partial charge in [-0.3, -0.25) is 4.98 Å². The molecule has 2 nitrogen and oxygen atoms in total. The fourth-order valence-corrected chi connectivity index (χ4v) is 2.19. The van der Waals surface area contributed by atoms with E-state index in [1.54, 1.807) is 12.4 Å². The summed E-state index contributed by atoms with van der Waals surface area (Å²) in [5, 5.41) is 0.675. The highest BCUT2D eigenvalue weighted by Gasteiger charge is 2.09. The quantitative estimate of drug-likeness (QED) is 0.852. The molecule has 2 aromatic rings. The monoisotopic (exact) mass is 358 g/mol. The molecule has 17 heavy (non-hydrogen) atoms. The van der Waals surface area contributed by atoms with Gasteiger partial charge in [-0.1, -0.05) is 23.7 Å². The largest absolute Gasteiger partial charge is 0.324 e. The molecule has 0 fully saturated rings. The minimum absolute atomic E-state index is 0.0353. The Morgan fingerprint density at radius 3 is 2.59 bits per heavy atom. The predicted molar refractivity (Wildman–Crippen MR) is 79.0 cm³/mol. The van der Waals surface area contributed by atoms with Crippen LogP contribution in [-0.2, 0) is 6.42 Å². The molecule has 0 aliphatic rings. The van der Waals surface area contributed by atoms with Gasteiger partial charge in [-0.25, -0.2) is 0 Å². The second-order valence-electron chi connectivity index (χ2n) is 3.83. The third-order valence-corrected chi connectivity index (χ3v) is 3.65. The third kappa shape index (κ3) is 3.40. The molecule has 0 bridgehead atoms. The summed E-state index contributed by atoms with van der Waals surface area (Å²) in [5.74, 6) is 0. The predicted octanol–water partition coefficient (Wildman–Crippen LogP) is 3.58. The lowest BCUT2D eigenvalue weighted by Gasteiger charge is -2.13. The number of nitrogens with two attached hydrogens (primary N) is 1. The Morgan fingerprint density at radius 1 is 1.24 bits per heavy atom. The molecule has 0 radical (unpaired) electrons. The normalized spacial score (nSPS) is 12.4. The summed E-state index contributed by atoms with van der Waals surface area (Å²) in [6.45, 7) is 0. The topological polar surface area (TPSA) is 38.9 Å². The summed E-state index contributed by atoms with van der Waals surface area (Å²) in [5.41, 5.74) is 8.32. The zero-order valence-electron chi connectivity index (χ0n) is 9.11. The highest BCUT2D eigenvalue weighted by atomic mass is 127. The summed E-state index contributed by atoms with van der Waals surface area (Å²) in [6.07, 6.45) is 4.11. The highest BCUT2D eigenvalue weighted by Crippen LogP contribution is 2.21. The van der Waals surface area contributed by atoms with E-state index in [0.29, 0.717) is 5.02 Å². The molecular weight excluding hydrogens is 347 g/mol. The Bertz CT molecular complexity index is 499. The molecule has 4 heteroatoms. The molecule has 0 saturated carbocycles. The molecular formula is C13H12ClIN2. The summed E-state index contributed by atoms with van der Waals surface area (Å²) >= 11 is 8.34. The average molecular weight is 359 g/mol. The summed E-state index contributed by atoms with van der Waals surface area (Å²) < 4.78 is 1.21. The van der Waals surface area contributed by atoms with Crippen molar-refractivity contribution in [3.05, 3.63) is 62.4 Å². The maximum Gasteiger partial charge on any atom is 0.0622 e. The zero-order valence-corrected chi connectivity index (χ0v) is 12.0. The summed E-state index contributed by atoms with van der Waals surface area (Å²) in [4.78, 5) is 3.96. The van der Waals surface area contributed by atoms with Gasteiger partial charge in [-0.15, -0.1) is 0 Å². The smallest absolute Gasteiger partial charge is 0.0622 e. The number of benzene rings is 1. The van der Waals surface area contributed by atoms with Crippen LogP contribution in [0.15, 0.2) is 42.7 Å². The van der Waals surface area contributed by atoms with Gasteiger partial charge in [0.15, 0.2) is 0 Å². The molecule has 1 aromatic carbocycles. The molecule has 88 valence electrons. The van der Waals surface area contributed by atoms with E-state index in [1.807, 2.05) is 6.07 Å². The van der Waals surface area contributed by atoms with Crippen LogP contribution in [0.1, 0.15) is 17.2 Å². The van der Waals surface area contributed by atoms with Crippen molar-refractivity contribution < 1.29 is 0 Å². The van der Waals surface area contributed by atoms with Crippen molar-refractivity contribution in [1.82, 2.24) is 4.98 Å². The molecule has 1 aromatic heterocycles. The Balaban J connectivity index is 2.14. The molecule has 0 saturated heterocycles. The van der Waals surface area contributed by atoms with Gasteiger partial charge >= 0.3 is 0 Å². The lowest BCUT2D eigenvalue weighted by atomic mass is 10.0. The fraction of sp³-hybridized carbons (Fsp3) is 0.154. The lowest BCUT2D eigenvalue weighted by molar-refractivity contribution is 0.721. The van der Waals surface area contributed by atoms with E-state index in [9.17, 15) is 0 Å². The van der Waals surface area contributed by atoms with Gasteiger partial charge < -0.3 is 5.73 Å². The minimum atomic E-state index is -0.0353. The summed E-state index contributed by atoms with van der Waals surface area (Å²) in [7, 11) is 0. The van der Waals surface area contributed by atoms with Crippen molar-refractivity contribution in [3.8, 4) is 0 Å². The SMILES string of the molecule is NC(Cc1ccncc1Cl)c1ccc(I)cc1. The number of halogens is 2. The molecule has 0 aliphatic carbocycles. The van der Waals surface area contributed by atoms with Crippen LogP contribution in [0.4, 0.5) is 0 Å². The Labute approximate surface area is 119 Å². The van der Waals surface area contributed by atoms with Crippen LogP contribution >= 0.6 is 34.2 Å². The van der Waals surface area contributed by atoms with Gasteiger partial charge in [0.2, 0.25) is 0 Å². The van der Waals surface area contributed by atoms with Crippen molar-refractivity contribution in [2.75, 3.05) is 0 Å². The van der Waals surface area contributed by atoms with Crippen molar-refractivity contribution >= 4 is 34.2 Å². The first-order chi connectivity index (χ1) is 8.16. The number of hydrogen-bond donors (Lipinski definition) is 1. The number of aromatic nitrogens is 1. The van der Waals surface area contributed by atoms with Gasteiger partial charge in [-0.05, 0) is 58.3 Å². The molecule has 0 amide bonds. The number of hydrogen-bond acceptors (Lipinski definition) is 2. The Hall–Kier alpha value is -0.650. The molecule has 1 unspecified atom stereocenters. The van der Waals surface area contributed by atoms with E-state index in [2.05, 4.69) is 51.8 Å². The average Bonchev–Trinajstić information content (AvgIpc) is 2.33. The van der Waals surface area contributed by atoms with Gasteiger partial charge in [0.25, 0.3) is 0 Å². The first-order valence-electron chi connectivity index (χ1n) is 5.26. The van der Waals surface area contributed by atoms with Crippen molar-refractivity contribution in [2.45, 2.75) is 12.5 Å². The van der Waals surface area contributed by atoms with E-state index in [0.717, 1.165) is 17.5 Å². The molecule has 0 spiro atoms. The van der Waals surface area contributed by atoms with Gasteiger partial charge in [-0.2, -0.15) is 0 Å². The minimum Gasteiger partial charge on any atom is -0.324 e. The van der Waals surface area contributed by atoms with Crippen LogP contribution in [0.3, 0.4) is 0 Å². The number of nitrogens with zero attached hydrogens (tertiary/aromatic N) is 1. The lowest BCUT2D eigenvalue weighted by Crippen LogP contribution is -2.13. The Kier molecular flexibility index (Phi) is 4.36. The van der Waals surface area contributed by atoms with E-state index in [-0.39, 0.29) is 6.04 Å². The number of rotatable bonds is 3. The van der Waals surface area contributed by atoms with E-state index < -0.39 is 0 Å². The second-order valence-corrected chi connectivity index (χ2v) is 5.48. The zero-order chi connectivity index (χ0) is 12.3. The van der Waals surface area contributed by atoms with Gasteiger partial charge in [0.1, 0.15) is 0 Å². The molecule has 1 atom stereocenters. The maximum absolute atomic E-state index is 6.16. The van der Waals surface area contributed by atoms with Crippen LogP contribution in [0.2, 0.25) is 5.02 Å². The first-order valence-corrected chi connectivity index (χ1v) is 6.72. The molecule has 2 rings (SSSR count). The van der Waals surface area contributed by atoms with Crippen molar-refractivity contribution in [1.29, 1.82) is 0 Å². The maximum atomic E-state index is 6.16. The first kappa shape index (κ1) is 12.8. The molecule has 0 aliphatic heterocycles. The third-order valence-electron chi connectivity index (χ3n) is 2.59. The van der Waals surface area contributed by atoms with E-state index in [4.69, 9.17) is 17.3 Å². The highest BCUT2D eigenvalue weighted by molar-refractivity contribution is 14.1. The van der Waals surface area contributed by atoms with Crippen LogP contribution < -0.4 is 5.73 Å². The van der Waals surface area contributed by atoms with Crippen LogP contribution in [0, 0.1) is 3.57 Å². The van der Waals surface area contributed by atoms with E-state index >= 15 is 0 Å². The van der Waals surface area contributed by atoms with Crippen LogP contribution in [0.5, 0.6) is 0 Å². The van der Waals surface area contributed by atoms with Gasteiger partial charge in [0, 0.05) is 22.0 Å². The van der Waals surface area contributed by atoms with Gasteiger partial charge in [0.05, 0.1) is 5.02 Å². The van der Waals surface area contributed by atoms with Crippen LogP contribution in [-0.4, -0.2) is 4.98 Å². The van der Waals surface area contributed by atoms with Crippen LogP contribution in [0.25, 0.3) is 0 Å². The standard InChI is InChI=1S/C13H12ClIN2/c14-12-8-17-6-5-10(12)7-13(16)9-1-3-11(15)4-2-9/h1-6,8,13H,7,16H2. The fourth-order valence-electron chi connectivity index (χ4n) is 1.63. The second kappa shape index (κ2) is 5.80. The van der Waals surface area contributed by atoms with Crippen molar-refractivity contribution in [3.63, 3.8) is 0 Å². The molecule has 2 N–H and O–H groups in total. The van der Waals surface area contributed by atoms with E-state index in [1.165, 1.54) is 3.57 Å².